The maximum atomic E-state index is 12.3. The zero-order valence-electron chi connectivity index (χ0n) is 17.9. The van der Waals surface area contributed by atoms with Gasteiger partial charge in [-0.15, -0.1) is 0 Å². The van der Waals surface area contributed by atoms with Crippen molar-refractivity contribution in [2.45, 2.75) is 27.2 Å². The lowest BCUT2D eigenvalue weighted by molar-refractivity contribution is -0.118. The van der Waals surface area contributed by atoms with Crippen LogP contribution in [-0.2, 0) is 11.2 Å². The van der Waals surface area contributed by atoms with Crippen LogP contribution in [-0.4, -0.2) is 40.7 Å². The minimum atomic E-state index is -0.249. The molecule has 3 aromatic rings. The third-order valence-corrected chi connectivity index (χ3v) is 4.82. The highest BCUT2D eigenvalue weighted by Crippen LogP contribution is 2.27. The molecule has 1 aromatic heterocycles. The number of hydrogen-bond donors (Lipinski definition) is 2. The first-order chi connectivity index (χ1) is 14.9. The first-order valence-corrected chi connectivity index (χ1v) is 10.2. The molecule has 162 valence electrons. The molecular formula is C22H25N5O3S. The van der Waals surface area contributed by atoms with E-state index < -0.39 is 0 Å². The number of H-pyrrole nitrogens is 1. The summed E-state index contributed by atoms with van der Waals surface area (Å²) in [5, 5.41) is 14.1. The molecule has 0 aliphatic carbocycles. The topological polar surface area (TPSA) is 93.5 Å². The Morgan fingerprint density at radius 2 is 2.06 bits per heavy atom. The van der Waals surface area contributed by atoms with Crippen LogP contribution in [0.4, 0.5) is 5.69 Å². The molecule has 31 heavy (non-hydrogen) atoms. The van der Waals surface area contributed by atoms with Crippen molar-refractivity contribution in [3.63, 3.8) is 0 Å². The number of methoxy groups -OCH3 is 1. The quantitative estimate of drug-likeness (QED) is 0.408. The summed E-state index contributed by atoms with van der Waals surface area (Å²) < 4.78 is 13.1. The SMILES string of the molecule is CCc1n[nH]c(=S)n1/N=C/c1ccc(OCC(=O)Nc2ccc(C)cc2C)c(OC)c1. The van der Waals surface area contributed by atoms with Gasteiger partial charge in [-0.05, 0) is 61.5 Å². The fourth-order valence-corrected chi connectivity index (χ4v) is 3.16. The standard InChI is InChI=1S/C22H25N5O3S/c1-5-20-25-26-22(31)27(20)23-12-16-7-9-18(19(11-16)29-4)30-13-21(28)24-17-8-6-14(2)10-15(17)3/h6-12H,5,13H2,1-4H3,(H,24,28)(H,26,31)/b23-12+. The van der Waals surface area contributed by atoms with E-state index in [1.807, 2.05) is 45.0 Å². The van der Waals surface area contributed by atoms with Gasteiger partial charge in [0.15, 0.2) is 23.9 Å². The number of benzene rings is 2. The molecule has 0 aliphatic heterocycles. The summed E-state index contributed by atoms with van der Waals surface area (Å²) in [5.74, 6) is 1.45. The second-order valence-corrected chi connectivity index (χ2v) is 7.31. The minimum absolute atomic E-state index is 0.138. The lowest BCUT2D eigenvalue weighted by Crippen LogP contribution is -2.20. The highest BCUT2D eigenvalue weighted by molar-refractivity contribution is 7.71. The average Bonchev–Trinajstić information content (AvgIpc) is 3.12. The van der Waals surface area contributed by atoms with Crippen molar-refractivity contribution < 1.29 is 14.3 Å². The molecule has 0 unspecified atom stereocenters. The molecule has 0 saturated heterocycles. The average molecular weight is 440 g/mol. The lowest BCUT2D eigenvalue weighted by Gasteiger charge is -2.12. The zero-order valence-corrected chi connectivity index (χ0v) is 18.7. The summed E-state index contributed by atoms with van der Waals surface area (Å²) >= 11 is 5.19. The van der Waals surface area contributed by atoms with Crippen LogP contribution in [0.2, 0.25) is 0 Å². The molecular weight excluding hydrogens is 414 g/mol. The minimum Gasteiger partial charge on any atom is -0.493 e. The second-order valence-electron chi connectivity index (χ2n) is 6.92. The van der Waals surface area contributed by atoms with Crippen LogP contribution >= 0.6 is 12.2 Å². The molecule has 3 rings (SSSR count). The number of aryl methyl sites for hydroxylation is 3. The summed E-state index contributed by atoms with van der Waals surface area (Å²) in [4.78, 5) is 12.3. The van der Waals surface area contributed by atoms with Gasteiger partial charge in [0.05, 0.1) is 13.3 Å². The Morgan fingerprint density at radius 3 is 2.77 bits per heavy atom. The summed E-state index contributed by atoms with van der Waals surface area (Å²) in [6, 6.07) is 11.2. The van der Waals surface area contributed by atoms with Crippen LogP contribution in [0.5, 0.6) is 11.5 Å². The summed E-state index contributed by atoms with van der Waals surface area (Å²) in [6.07, 6.45) is 2.36. The van der Waals surface area contributed by atoms with Gasteiger partial charge in [-0.2, -0.15) is 14.9 Å². The van der Waals surface area contributed by atoms with Crippen LogP contribution < -0.4 is 14.8 Å². The van der Waals surface area contributed by atoms with Gasteiger partial charge in [0.25, 0.3) is 5.91 Å². The highest BCUT2D eigenvalue weighted by atomic mass is 32.1. The number of nitrogens with one attached hydrogen (secondary N) is 2. The van der Waals surface area contributed by atoms with E-state index in [-0.39, 0.29) is 12.5 Å². The number of amides is 1. The van der Waals surface area contributed by atoms with Crippen LogP contribution in [0, 0.1) is 18.6 Å². The summed E-state index contributed by atoms with van der Waals surface area (Å²) in [5.41, 5.74) is 3.69. The molecule has 1 heterocycles. The molecule has 1 amide bonds. The first kappa shape index (κ1) is 22.2. The van der Waals surface area contributed by atoms with Crippen LogP contribution in [0.15, 0.2) is 41.5 Å². The predicted octanol–water partition coefficient (Wildman–Crippen LogP) is 4.03. The molecule has 0 fully saturated rings. The molecule has 0 aliphatic rings. The van der Waals surface area contributed by atoms with Crippen molar-refractivity contribution in [1.29, 1.82) is 0 Å². The molecule has 0 spiro atoms. The third-order valence-electron chi connectivity index (χ3n) is 4.56. The predicted molar refractivity (Wildman–Crippen MR) is 123 cm³/mol. The Balaban J connectivity index is 1.67. The maximum Gasteiger partial charge on any atom is 0.262 e. The largest absolute Gasteiger partial charge is 0.493 e. The molecule has 0 radical (unpaired) electrons. The Morgan fingerprint density at radius 1 is 1.26 bits per heavy atom. The van der Waals surface area contributed by atoms with Gasteiger partial charge in [0, 0.05) is 12.1 Å². The summed E-state index contributed by atoms with van der Waals surface area (Å²) in [7, 11) is 1.54. The van der Waals surface area contributed by atoms with Gasteiger partial charge in [0.1, 0.15) is 0 Å². The fraction of sp³-hybridized carbons (Fsp3) is 0.273. The van der Waals surface area contributed by atoms with E-state index in [1.54, 1.807) is 30.1 Å². The first-order valence-electron chi connectivity index (χ1n) is 9.80. The number of ether oxygens (including phenoxy) is 2. The van der Waals surface area contributed by atoms with E-state index in [9.17, 15) is 4.79 Å². The van der Waals surface area contributed by atoms with Gasteiger partial charge < -0.3 is 14.8 Å². The third kappa shape index (κ3) is 5.58. The molecule has 0 bridgehead atoms. The number of carbonyl (C=O) groups excluding carboxylic acids is 1. The molecule has 2 aromatic carbocycles. The van der Waals surface area contributed by atoms with Crippen molar-refractivity contribution in [3.8, 4) is 11.5 Å². The van der Waals surface area contributed by atoms with Crippen molar-refractivity contribution >= 4 is 30.0 Å². The normalized spacial score (nSPS) is 11.0. The molecule has 2 N–H and O–H groups in total. The number of carbonyl (C=O) groups is 1. The fourth-order valence-electron chi connectivity index (χ4n) is 2.96. The smallest absolute Gasteiger partial charge is 0.262 e. The van der Waals surface area contributed by atoms with Gasteiger partial charge in [-0.25, -0.2) is 0 Å². The van der Waals surface area contributed by atoms with Crippen LogP contribution in [0.3, 0.4) is 0 Å². The van der Waals surface area contributed by atoms with Gasteiger partial charge in [-0.3, -0.25) is 9.89 Å². The number of rotatable bonds is 8. The van der Waals surface area contributed by atoms with Crippen LogP contribution in [0.1, 0.15) is 29.4 Å². The van der Waals surface area contributed by atoms with E-state index in [1.165, 1.54) is 0 Å². The number of nitrogens with zero attached hydrogens (tertiary/aromatic N) is 3. The summed E-state index contributed by atoms with van der Waals surface area (Å²) in [6.45, 7) is 5.80. The highest BCUT2D eigenvalue weighted by Gasteiger charge is 2.10. The Kier molecular flexibility index (Phi) is 7.19. The molecule has 8 nitrogen and oxygen atoms in total. The van der Waals surface area contributed by atoms with Crippen molar-refractivity contribution in [2.24, 2.45) is 5.10 Å². The maximum absolute atomic E-state index is 12.3. The second kappa shape index (κ2) is 10.0. The molecule has 0 atom stereocenters. The van der Waals surface area contributed by atoms with Crippen LogP contribution in [0.25, 0.3) is 0 Å². The molecule has 9 heteroatoms. The van der Waals surface area contributed by atoms with Crippen molar-refractivity contribution in [1.82, 2.24) is 14.9 Å². The monoisotopic (exact) mass is 439 g/mol. The number of aromatic amines is 1. The van der Waals surface area contributed by atoms with E-state index in [0.717, 1.165) is 28.2 Å². The Labute approximate surface area is 185 Å². The van der Waals surface area contributed by atoms with Crippen molar-refractivity contribution in [3.05, 3.63) is 63.7 Å². The number of aromatic nitrogens is 3. The van der Waals surface area contributed by atoms with Gasteiger partial charge in [-0.1, -0.05) is 24.6 Å². The van der Waals surface area contributed by atoms with E-state index in [4.69, 9.17) is 21.7 Å². The number of hydrogen-bond acceptors (Lipinski definition) is 6. The van der Waals surface area contributed by atoms with E-state index in [2.05, 4.69) is 20.6 Å². The van der Waals surface area contributed by atoms with Gasteiger partial charge >= 0.3 is 0 Å². The Hall–Kier alpha value is -3.46. The van der Waals surface area contributed by atoms with Crippen molar-refractivity contribution in [2.75, 3.05) is 19.0 Å². The zero-order chi connectivity index (χ0) is 22.4. The Bertz CT molecular complexity index is 1170. The number of anilines is 1. The van der Waals surface area contributed by atoms with Gasteiger partial charge in [0.2, 0.25) is 4.77 Å². The van der Waals surface area contributed by atoms with E-state index in [0.29, 0.717) is 22.7 Å². The lowest BCUT2D eigenvalue weighted by atomic mass is 10.1. The molecule has 0 saturated carbocycles. The van der Waals surface area contributed by atoms with E-state index >= 15 is 0 Å².